The van der Waals surface area contributed by atoms with Crippen molar-refractivity contribution >= 4 is 23.5 Å². The molecule has 6 nitrogen and oxygen atoms in total. The van der Waals surface area contributed by atoms with Gasteiger partial charge in [0.25, 0.3) is 0 Å². The van der Waals surface area contributed by atoms with Crippen LogP contribution in [0.3, 0.4) is 0 Å². The molecule has 7 heteroatoms. The molecule has 0 bridgehead atoms. The first-order valence-electron chi connectivity index (χ1n) is 9.22. The molecular weight excluding hydrogens is 370 g/mol. The minimum absolute atomic E-state index is 0.0487. The summed E-state index contributed by atoms with van der Waals surface area (Å²) >= 11 is 6.12. The third kappa shape index (κ3) is 9.11. The number of aliphatic carboxylic acids is 2. The summed E-state index contributed by atoms with van der Waals surface area (Å²) in [6.07, 6.45) is 5.19. The van der Waals surface area contributed by atoms with E-state index in [0.717, 1.165) is 30.3 Å². The van der Waals surface area contributed by atoms with Crippen LogP contribution in [-0.2, 0) is 15.0 Å². The van der Waals surface area contributed by atoms with E-state index < -0.39 is 11.9 Å². The molecule has 27 heavy (non-hydrogen) atoms. The molecule has 0 aromatic heterocycles. The first-order chi connectivity index (χ1) is 12.6. The molecule has 0 saturated carbocycles. The third-order valence-corrected chi connectivity index (χ3v) is 4.49. The zero-order valence-electron chi connectivity index (χ0n) is 16.3. The van der Waals surface area contributed by atoms with Crippen molar-refractivity contribution in [1.29, 1.82) is 0 Å². The van der Waals surface area contributed by atoms with Gasteiger partial charge in [-0.1, -0.05) is 38.8 Å². The highest BCUT2D eigenvalue weighted by Crippen LogP contribution is 2.33. The van der Waals surface area contributed by atoms with Crippen LogP contribution < -0.4 is 4.74 Å². The second-order valence-electron chi connectivity index (χ2n) is 7.61. The van der Waals surface area contributed by atoms with Gasteiger partial charge in [0.2, 0.25) is 0 Å². The first-order valence-corrected chi connectivity index (χ1v) is 9.60. The third-order valence-electron chi connectivity index (χ3n) is 4.26. The summed E-state index contributed by atoms with van der Waals surface area (Å²) in [6.45, 7) is 11.0. The molecule has 0 aliphatic carbocycles. The van der Waals surface area contributed by atoms with Gasteiger partial charge in [0, 0.05) is 17.1 Å². The van der Waals surface area contributed by atoms with Crippen LogP contribution in [0.25, 0.3) is 0 Å². The van der Waals surface area contributed by atoms with E-state index in [4.69, 9.17) is 36.1 Å². The van der Waals surface area contributed by atoms with Crippen molar-refractivity contribution in [2.45, 2.75) is 51.9 Å². The molecule has 1 aliphatic heterocycles. The Morgan fingerprint density at radius 3 is 2.22 bits per heavy atom. The van der Waals surface area contributed by atoms with E-state index in [0.29, 0.717) is 0 Å². The number of hydrogen-bond acceptors (Lipinski definition) is 4. The monoisotopic (exact) mass is 399 g/mol. The lowest BCUT2D eigenvalue weighted by atomic mass is 9.86. The Bertz CT molecular complexity index is 609. The molecule has 0 unspecified atom stereocenters. The van der Waals surface area contributed by atoms with Gasteiger partial charge < -0.3 is 19.8 Å². The highest BCUT2D eigenvalue weighted by atomic mass is 35.5. The van der Waals surface area contributed by atoms with Gasteiger partial charge in [0.15, 0.2) is 0 Å². The molecule has 2 N–H and O–H groups in total. The number of halogens is 1. The number of benzene rings is 1. The van der Waals surface area contributed by atoms with Crippen LogP contribution in [0.15, 0.2) is 18.2 Å². The summed E-state index contributed by atoms with van der Waals surface area (Å²) in [4.78, 5) is 20.8. The fourth-order valence-corrected chi connectivity index (χ4v) is 3.04. The molecule has 1 aromatic carbocycles. The number of hydrogen-bond donors (Lipinski definition) is 2. The predicted molar refractivity (Wildman–Crippen MR) is 106 cm³/mol. The lowest BCUT2D eigenvalue weighted by Gasteiger charge is -2.26. The molecule has 0 radical (unpaired) electrons. The largest absolute Gasteiger partial charge is 0.493 e. The van der Waals surface area contributed by atoms with Crippen molar-refractivity contribution in [3.8, 4) is 5.75 Å². The van der Waals surface area contributed by atoms with E-state index >= 15 is 0 Å². The molecular formula is C20H30ClNO5. The number of piperidine rings is 1. The van der Waals surface area contributed by atoms with E-state index in [1.807, 2.05) is 18.2 Å². The average molecular weight is 400 g/mol. The second-order valence-corrected chi connectivity index (χ2v) is 8.04. The van der Waals surface area contributed by atoms with Crippen LogP contribution >= 0.6 is 11.6 Å². The predicted octanol–water partition coefficient (Wildman–Crippen LogP) is 4.05. The molecule has 1 fully saturated rings. The summed E-state index contributed by atoms with van der Waals surface area (Å²) in [6, 6.07) is 5.95. The number of rotatable bonds is 5. The molecule has 1 aliphatic rings. The molecule has 1 saturated heterocycles. The van der Waals surface area contributed by atoms with Crippen molar-refractivity contribution in [3.05, 3.63) is 28.8 Å². The molecule has 0 spiro atoms. The SMILES string of the molecule is CC(C)(C)c1cc(Cl)ccc1OCCCN1CCCCC1.O=C(O)C(=O)O. The Hall–Kier alpha value is -1.79. The van der Waals surface area contributed by atoms with Gasteiger partial charge in [0.1, 0.15) is 5.75 Å². The lowest BCUT2D eigenvalue weighted by molar-refractivity contribution is -0.159. The van der Waals surface area contributed by atoms with Gasteiger partial charge >= 0.3 is 11.9 Å². The van der Waals surface area contributed by atoms with Gasteiger partial charge in [-0.05, 0) is 56.0 Å². The molecule has 0 amide bonds. The number of likely N-dealkylation sites (tertiary alicyclic amines) is 1. The molecule has 0 atom stereocenters. The summed E-state index contributed by atoms with van der Waals surface area (Å²) in [7, 11) is 0. The van der Waals surface area contributed by atoms with Gasteiger partial charge in [-0.25, -0.2) is 9.59 Å². The quantitative estimate of drug-likeness (QED) is 0.573. The maximum absolute atomic E-state index is 9.10. The van der Waals surface area contributed by atoms with Crippen molar-refractivity contribution in [2.75, 3.05) is 26.2 Å². The first kappa shape index (κ1) is 23.2. The molecule has 1 heterocycles. The Labute approximate surface area is 166 Å². The van der Waals surface area contributed by atoms with E-state index in [9.17, 15) is 0 Å². The number of carboxylic acids is 2. The van der Waals surface area contributed by atoms with Gasteiger partial charge in [-0.3, -0.25) is 0 Å². The Morgan fingerprint density at radius 1 is 1.11 bits per heavy atom. The van der Waals surface area contributed by atoms with Crippen molar-refractivity contribution in [2.24, 2.45) is 0 Å². The van der Waals surface area contributed by atoms with Crippen LogP contribution in [0, 0.1) is 0 Å². The van der Waals surface area contributed by atoms with Gasteiger partial charge in [-0.15, -0.1) is 0 Å². The number of carboxylic acid groups (broad SMARTS) is 2. The van der Waals surface area contributed by atoms with Crippen LogP contribution in [0.1, 0.15) is 52.0 Å². The lowest BCUT2D eigenvalue weighted by Crippen LogP contribution is -2.31. The smallest absolute Gasteiger partial charge is 0.414 e. The Morgan fingerprint density at radius 2 is 1.70 bits per heavy atom. The van der Waals surface area contributed by atoms with Crippen molar-refractivity contribution in [1.82, 2.24) is 4.90 Å². The van der Waals surface area contributed by atoms with Gasteiger partial charge in [-0.2, -0.15) is 0 Å². The summed E-state index contributed by atoms with van der Waals surface area (Å²) in [5, 5.41) is 15.6. The van der Waals surface area contributed by atoms with Crippen LogP contribution in [0.5, 0.6) is 5.75 Å². The standard InChI is InChI=1S/C18H28ClNO.C2H2O4/c1-18(2,3)16-14-15(19)8-9-17(16)21-13-7-12-20-10-5-4-6-11-20;3-1(4)2(5)6/h8-9,14H,4-7,10-13H2,1-3H3;(H,3,4)(H,5,6). The zero-order valence-corrected chi connectivity index (χ0v) is 17.1. The van der Waals surface area contributed by atoms with Crippen LogP contribution in [0.4, 0.5) is 0 Å². The highest BCUT2D eigenvalue weighted by Gasteiger charge is 2.19. The van der Waals surface area contributed by atoms with Crippen molar-refractivity contribution < 1.29 is 24.5 Å². The fourth-order valence-electron chi connectivity index (χ4n) is 2.87. The minimum atomic E-state index is -1.82. The average Bonchev–Trinajstić information content (AvgIpc) is 2.60. The van der Waals surface area contributed by atoms with E-state index in [1.54, 1.807) is 0 Å². The Kier molecular flexibility index (Phi) is 9.60. The summed E-state index contributed by atoms with van der Waals surface area (Å²) in [5.74, 6) is -2.67. The second kappa shape index (κ2) is 11.1. The van der Waals surface area contributed by atoms with Crippen LogP contribution in [-0.4, -0.2) is 53.3 Å². The van der Waals surface area contributed by atoms with Gasteiger partial charge in [0.05, 0.1) is 6.61 Å². The Balaban J connectivity index is 0.000000527. The summed E-state index contributed by atoms with van der Waals surface area (Å²) < 4.78 is 6.02. The van der Waals surface area contributed by atoms with Crippen molar-refractivity contribution in [3.63, 3.8) is 0 Å². The molecule has 1 aromatic rings. The fraction of sp³-hybridized carbons (Fsp3) is 0.600. The zero-order chi connectivity index (χ0) is 20.4. The number of nitrogens with zero attached hydrogens (tertiary/aromatic N) is 1. The normalized spacial score (nSPS) is 14.8. The highest BCUT2D eigenvalue weighted by molar-refractivity contribution is 6.30. The number of ether oxygens (including phenoxy) is 1. The van der Waals surface area contributed by atoms with E-state index in [-0.39, 0.29) is 5.41 Å². The number of carbonyl (C=O) groups is 2. The maximum Gasteiger partial charge on any atom is 0.414 e. The molecule has 152 valence electrons. The van der Waals surface area contributed by atoms with Crippen LogP contribution in [0.2, 0.25) is 5.02 Å². The van der Waals surface area contributed by atoms with E-state index in [1.165, 1.54) is 37.9 Å². The van der Waals surface area contributed by atoms with E-state index in [2.05, 4.69) is 25.7 Å². The molecule has 2 rings (SSSR count). The minimum Gasteiger partial charge on any atom is -0.493 e. The summed E-state index contributed by atoms with van der Waals surface area (Å²) in [5.41, 5.74) is 1.24. The maximum atomic E-state index is 9.10. The topological polar surface area (TPSA) is 87.1 Å².